The second-order valence-electron chi connectivity index (χ2n) is 3.02. The predicted molar refractivity (Wildman–Crippen MR) is 50.1 cm³/mol. The van der Waals surface area contributed by atoms with E-state index in [1.54, 1.807) is 10.9 Å². The van der Waals surface area contributed by atoms with Gasteiger partial charge in [-0.1, -0.05) is 0 Å². The van der Waals surface area contributed by atoms with E-state index in [0.29, 0.717) is 11.4 Å². The van der Waals surface area contributed by atoms with E-state index in [1.165, 1.54) is 0 Å². The van der Waals surface area contributed by atoms with Gasteiger partial charge in [0, 0.05) is 13.2 Å². The number of aryl methyl sites for hydroxylation is 2. The van der Waals surface area contributed by atoms with Crippen molar-refractivity contribution in [1.29, 1.82) is 0 Å². The molecule has 0 bridgehead atoms. The van der Waals surface area contributed by atoms with Gasteiger partial charge in [0.25, 0.3) is 0 Å². The van der Waals surface area contributed by atoms with Crippen molar-refractivity contribution in [3.63, 3.8) is 0 Å². The zero-order chi connectivity index (χ0) is 9.42. The van der Waals surface area contributed by atoms with Crippen LogP contribution in [0.25, 0.3) is 11.5 Å². The summed E-state index contributed by atoms with van der Waals surface area (Å²) in [6, 6.07) is 3.76. The summed E-state index contributed by atoms with van der Waals surface area (Å²) >= 11 is 0. The van der Waals surface area contributed by atoms with Crippen LogP contribution < -0.4 is 5.73 Å². The van der Waals surface area contributed by atoms with E-state index in [0.717, 1.165) is 11.5 Å². The highest BCUT2D eigenvalue weighted by Gasteiger charge is 2.10. The zero-order valence-corrected chi connectivity index (χ0v) is 7.61. The first-order valence-corrected chi connectivity index (χ1v) is 4.03. The molecule has 0 radical (unpaired) electrons. The molecule has 68 valence electrons. The van der Waals surface area contributed by atoms with E-state index in [1.807, 2.05) is 26.1 Å². The Morgan fingerprint density at radius 3 is 2.69 bits per heavy atom. The van der Waals surface area contributed by atoms with Gasteiger partial charge in [0.05, 0.1) is 5.69 Å². The van der Waals surface area contributed by atoms with Gasteiger partial charge in [0.2, 0.25) is 0 Å². The smallest absolute Gasteiger partial charge is 0.156 e. The molecule has 0 spiro atoms. The highest BCUT2D eigenvalue weighted by atomic mass is 16.3. The number of anilines is 1. The Morgan fingerprint density at radius 1 is 1.46 bits per heavy atom. The van der Waals surface area contributed by atoms with E-state index in [-0.39, 0.29) is 0 Å². The molecule has 0 fully saturated rings. The minimum absolute atomic E-state index is 0.636. The third-order valence-corrected chi connectivity index (χ3v) is 1.83. The van der Waals surface area contributed by atoms with Crippen molar-refractivity contribution < 1.29 is 4.42 Å². The molecule has 0 aromatic carbocycles. The van der Waals surface area contributed by atoms with Crippen LogP contribution in [0.3, 0.4) is 0 Å². The molecule has 0 amide bonds. The summed E-state index contributed by atoms with van der Waals surface area (Å²) in [6.07, 6.45) is 1.76. The van der Waals surface area contributed by atoms with E-state index < -0.39 is 0 Å². The van der Waals surface area contributed by atoms with Crippen LogP contribution in [0.2, 0.25) is 0 Å². The fourth-order valence-corrected chi connectivity index (χ4v) is 1.26. The average Bonchev–Trinajstić information content (AvgIpc) is 2.58. The molecule has 4 heteroatoms. The van der Waals surface area contributed by atoms with Crippen LogP contribution >= 0.6 is 0 Å². The van der Waals surface area contributed by atoms with E-state index >= 15 is 0 Å². The standard InChI is InChI=1S/C9H11N3O/c1-6-3-4-8(13-6)9-7(10)5-12(2)11-9/h3-5H,10H2,1-2H3. The second-order valence-corrected chi connectivity index (χ2v) is 3.02. The predicted octanol–water partition coefficient (Wildman–Crippen LogP) is 1.57. The second kappa shape index (κ2) is 2.65. The monoisotopic (exact) mass is 177 g/mol. The molecule has 4 nitrogen and oxygen atoms in total. The molecule has 0 aliphatic carbocycles. The Hall–Kier alpha value is -1.71. The molecular weight excluding hydrogens is 166 g/mol. The molecule has 0 aliphatic rings. The molecule has 2 N–H and O–H groups in total. The van der Waals surface area contributed by atoms with Crippen molar-refractivity contribution in [3.8, 4) is 11.5 Å². The minimum atomic E-state index is 0.636. The van der Waals surface area contributed by atoms with Crippen LogP contribution in [0.1, 0.15) is 5.76 Å². The average molecular weight is 177 g/mol. The lowest BCUT2D eigenvalue weighted by molar-refractivity contribution is 0.545. The van der Waals surface area contributed by atoms with Gasteiger partial charge in [0.1, 0.15) is 5.76 Å². The van der Waals surface area contributed by atoms with Crippen molar-refractivity contribution in [2.24, 2.45) is 7.05 Å². The number of nitrogens with zero attached hydrogens (tertiary/aromatic N) is 2. The van der Waals surface area contributed by atoms with Crippen LogP contribution in [0.4, 0.5) is 5.69 Å². The van der Waals surface area contributed by atoms with Crippen LogP contribution in [-0.2, 0) is 7.05 Å². The van der Waals surface area contributed by atoms with Crippen molar-refractivity contribution in [2.75, 3.05) is 5.73 Å². The topological polar surface area (TPSA) is 57.0 Å². The van der Waals surface area contributed by atoms with Gasteiger partial charge in [-0.2, -0.15) is 5.10 Å². The highest BCUT2D eigenvalue weighted by Crippen LogP contribution is 2.25. The summed E-state index contributed by atoms with van der Waals surface area (Å²) in [5.74, 6) is 1.58. The van der Waals surface area contributed by atoms with Crippen molar-refractivity contribution in [3.05, 3.63) is 24.1 Å². The first-order chi connectivity index (χ1) is 6.16. The molecule has 0 saturated carbocycles. The van der Waals surface area contributed by atoms with Gasteiger partial charge in [-0.15, -0.1) is 0 Å². The Morgan fingerprint density at radius 2 is 2.23 bits per heavy atom. The number of rotatable bonds is 1. The molecule has 0 atom stereocenters. The van der Waals surface area contributed by atoms with Crippen LogP contribution in [0.15, 0.2) is 22.7 Å². The minimum Gasteiger partial charge on any atom is -0.460 e. The number of aromatic nitrogens is 2. The summed E-state index contributed by atoms with van der Waals surface area (Å²) in [6.45, 7) is 1.89. The fourth-order valence-electron chi connectivity index (χ4n) is 1.26. The summed E-state index contributed by atoms with van der Waals surface area (Å²) in [4.78, 5) is 0. The van der Waals surface area contributed by atoms with Gasteiger partial charge < -0.3 is 10.2 Å². The van der Waals surface area contributed by atoms with Crippen molar-refractivity contribution in [2.45, 2.75) is 6.92 Å². The van der Waals surface area contributed by atoms with Crippen LogP contribution in [0, 0.1) is 6.92 Å². The van der Waals surface area contributed by atoms with Gasteiger partial charge >= 0.3 is 0 Å². The summed E-state index contributed by atoms with van der Waals surface area (Å²) in [7, 11) is 1.83. The summed E-state index contributed by atoms with van der Waals surface area (Å²) in [5, 5.41) is 4.19. The molecule has 13 heavy (non-hydrogen) atoms. The van der Waals surface area contributed by atoms with E-state index in [9.17, 15) is 0 Å². The number of furan rings is 1. The number of hydrogen-bond donors (Lipinski definition) is 1. The lowest BCUT2D eigenvalue weighted by atomic mass is 10.3. The molecule has 0 saturated heterocycles. The van der Waals surface area contributed by atoms with Crippen LogP contribution in [0.5, 0.6) is 0 Å². The maximum absolute atomic E-state index is 5.74. The van der Waals surface area contributed by atoms with E-state index in [2.05, 4.69) is 5.10 Å². The summed E-state index contributed by atoms with van der Waals surface area (Å²) in [5.41, 5.74) is 7.08. The maximum Gasteiger partial charge on any atom is 0.156 e. The quantitative estimate of drug-likeness (QED) is 0.719. The van der Waals surface area contributed by atoms with Crippen molar-refractivity contribution in [1.82, 2.24) is 9.78 Å². The lowest BCUT2D eigenvalue weighted by Crippen LogP contribution is -1.86. The molecule has 2 aromatic heterocycles. The molecule has 0 aliphatic heterocycles. The third kappa shape index (κ3) is 1.30. The van der Waals surface area contributed by atoms with Gasteiger partial charge in [0.15, 0.2) is 11.5 Å². The maximum atomic E-state index is 5.74. The van der Waals surface area contributed by atoms with Gasteiger partial charge in [-0.3, -0.25) is 4.68 Å². The van der Waals surface area contributed by atoms with Gasteiger partial charge in [-0.25, -0.2) is 0 Å². The lowest BCUT2D eigenvalue weighted by Gasteiger charge is -1.91. The van der Waals surface area contributed by atoms with Gasteiger partial charge in [-0.05, 0) is 19.1 Å². The number of hydrogen-bond acceptors (Lipinski definition) is 3. The van der Waals surface area contributed by atoms with Crippen LogP contribution in [-0.4, -0.2) is 9.78 Å². The Labute approximate surface area is 76.0 Å². The normalized spacial score (nSPS) is 10.6. The molecule has 2 rings (SSSR count). The number of nitrogen functional groups attached to an aromatic ring is 1. The third-order valence-electron chi connectivity index (χ3n) is 1.83. The Kier molecular flexibility index (Phi) is 1.62. The summed E-state index contributed by atoms with van der Waals surface area (Å²) < 4.78 is 7.08. The number of nitrogens with two attached hydrogens (primary N) is 1. The first-order valence-electron chi connectivity index (χ1n) is 4.03. The largest absolute Gasteiger partial charge is 0.460 e. The van der Waals surface area contributed by atoms with Crippen molar-refractivity contribution >= 4 is 5.69 Å². The van der Waals surface area contributed by atoms with E-state index in [4.69, 9.17) is 10.2 Å². The fraction of sp³-hybridized carbons (Fsp3) is 0.222. The molecule has 2 aromatic rings. The highest BCUT2D eigenvalue weighted by molar-refractivity contribution is 5.67. The molecular formula is C9H11N3O. The Bertz CT molecular complexity index is 428. The molecule has 0 unspecified atom stereocenters. The first kappa shape index (κ1) is 7.91. The SMILES string of the molecule is Cc1ccc(-c2nn(C)cc2N)o1. The Balaban J connectivity index is 2.51. The molecule has 2 heterocycles. The zero-order valence-electron chi connectivity index (χ0n) is 7.61.